The first-order chi connectivity index (χ1) is 9.19. The van der Waals surface area contributed by atoms with Crippen molar-refractivity contribution in [1.82, 2.24) is 4.72 Å². The van der Waals surface area contributed by atoms with E-state index in [1.807, 2.05) is 6.92 Å². The summed E-state index contributed by atoms with van der Waals surface area (Å²) >= 11 is 0. The highest BCUT2D eigenvalue weighted by molar-refractivity contribution is 7.89. The highest BCUT2D eigenvalue weighted by atomic mass is 32.2. The third-order valence-electron chi connectivity index (χ3n) is 3.21. The summed E-state index contributed by atoms with van der Waals surface area (Å²) in [5, 5.41) is 9.31. The Kier molecular flexibility index (Phi) is 5.74. The van der Waals surface area contributed by atoms with E-state index in [1.165, 1.54) is 0 Å². The minimum atomic E-state index is -3.50. The fourth-order valence-electron chi connectivity index (χ4n) is 1.91. The summed E-state index contributed by atoms with van der Waals surface area (Å²) in [6.45, 7) is 8.46. The molecule has 0 saturated heterocycles. The summed E-state index contributed by atoms with van der Waals surface area (Å²) < 4.78 is 27.0. The lowest BCUT2D eigenvalue weighted by Gasteiger charge is -2.18. The molecule has 0 amide bonds. The van der Waals surface area contributed by atoms with Gasteiger partial charge in [0.05, 0.1) is 11.5 Å². The van der Waals surface area contributed by atoms with Crippen molar-refractivity contribution in [1.29, 1.82) is 0 Å². The average molecular weight is 299 g/mol. The highest BCUT2D eigenvalue weighted by Gasteiger charge is 2.17. The smallest absolute Gasteiger partial charge is 0.240 e. The van der Waals surface area contributed by atoms with Crippen LogP contribution in [-0.4, -0.2) is 20.1 Å². The molecule has 2 N–H and O–H groups in total. The number of hydrogen-bond acceptors (Lipinski definition) is 3. The number of hydrogen-bond donors (Lipinski definition) is 2. The summed E-state index contributed by atoms with van der Waals surface area (Å²) in [5.41, 5.74) is 1.73. The molecule has 0 radical (unpaired) electrons. The highest BCUT2D eigenvalue weighted by Crippen LogP contribution is 2.19. The van der Waals surface area contributed by atoms with E-state index in [0.29, 0.717) is 12.1 Å². The molecule has 20 heavy (non-hydrogen) atoms. The molecule has 0 bridgehead atoms. The van der Waals surface area contributed by atoms with Crippen molar-refractivity contribution in [2.75, 3.05) is 6.54 Å². The Bertz CT molecular complexity index is 545. The normalized spacial score (nSPS) is 12.7. The van der Waals surface area contributed by atoms with Crippen molar-refractivity contribution in [2.24, 2.45) is 5.41 Å². The van der Waals surface area contributed by atoms with Crippen LogP contribution >= 0.6 is 0 Å². The van der Waals surface area contributed by atoms with E-state index in [9.17, 15) is 13.5 Å². The molecule has 0 aromatic heterocycles. The van der Waals surface area contributed by atoms with Crippen LogP contribution in [0.5, 0.6) is 0 Å². The molecule has 4 nitrogen and oxygen atoms in total. The molecule has 1 aromatic rings. The number of rotatable bonds is 6. The summed E-state index contributed by atoms with van der Waals surface area (Å²) in [7, 11) is -3.50. The Morgan fingerprint density at radius 1 is 1.20 bits per heavy atom. The van der Waals surface area contributed by atoms with Gasteiger partial charge < -0.3 is 5.11 Å². The lowest BCUT2D eigenvalue weighted by Crippen LogP contribution is -2.27. The molecular formula is C15H25NO3S. The zero-order valence-corrected chi connectivity index (χ0v) is 13.5. The summed E-state index contributed by atoms with van der Waals surface area (Å²) in [4.78, 5) is 0.215. The number of aliphatic hydroxyl groups is 1. The maximum atomic E-state index is 12.2. The van der Waals surface area contributed by atoms with Crippen LogP contribution in [0.1, 0.15) is 45.2 Å². The quantitative estimate of drug-likeness (QED) is 0.848. The van der Waals surface area contributed by atoms with Gasteiger partial charge >= 0.3 is 0 Å². The zero-order chi connectivity index (χ0) is 15.4. The van der Waals surface area contributed by atoms with E-state index < -0.39 is 10.0 Å². The van der Waals surface area contributed by atoms with Gasteiger partial charge in [-0.15, -0.1) is 0 Å². The van der Waals surface area contributed by atoms with Crippen molar-refractivity contribution in [3.8, 4) is 0 Å². The first-order valence-corrected chi connectivity index (χ1v) is 8.40. The Labute approximate surface area is 122 Å². The van der Waals surface area contributed by atoms with Crippen LogP contribution in [0.4, 0.5) is 0 Å². The number of aryl methyl sites for hydroxylation is 1. The van der Waals surface area contributed by atoms with Crippen molar-refractivity contribution >= 4 is 10.0 Å². The Morgan fingerprint density at radius 2 is 1.85 bits per heavy atom. The van der Waals surface area contributed by atoms with E-state index in [4.69, 9.17) is 0 Å². The fourth-order valence-corrected chi connectivity index (χ4v) is 2.99. The Balaban J connectivity index is 2.87. The summed E-state index contributed by atoms with van der Waals surface area (Å²) in [6, 6.07) is 4.92. The molecular weight excluding hydrogens is 274 g/mol. The number of aliphatic hydroxyl groups excluding tert-OH is 1. The van der Waals surface area contributed by atoms with Crippen LogP contribution in [0.2, 0.25) is 0 Å². The van der Waals surface area contributed by atoms with Crippen LogP contribution in [-0.2, 0) is 23.1 Å². The van der Waals surface area contributed by atoms with Crippen molar-refractivity contribution in [3.05, 3.63) is 29.3 Å². The molecule has 0 unspecified atom stereocenters. The zero-order valence-electron chi connectivity index (χ0n) is 12.7. The van der Waals surface area contributed by atoms with Crippen molar-refractivity contribution < 1.29 is 13.5 Å². The molecule has 5 heteroatoms. The number of benzene rings is 1. The van der Waals surface area contributed by atoms with Gasteiger partial charge in [0, 0.05) is 6.54 Å². The summed E-state index contributed by atoms with van der Waals surface area (Å²) in [6.07, 6.45) is 1.54. The minimum absolute atomic E-state index is 0.0881. The SMILES string of the molecule is CCc1ccc(S(=O)(=O)NCCC(C)(C)C)cc1CO. The number of nitrogens with one attached hydrogen (secondary N) is 1. The van der Waals surface area contributed by atoms with Crippen LogP contribution < -0.4 is 4.72 Å². The predicted molar refractivity (Wildman–Crippen MR) is 81.0 cm³/mol. The van der Waals surface area contributed by atoms with E-state index in [1.54, 1.807) is 18.2 Å². The second kappa shape index (κ2) is 6.70. The largest absolute Gasteiger partial charge is 0.392 e. The molecule has 0 fully saturated rings. The molecule has 114 valence electrons. The third kappa shape index (κ3) is 4.89. The van der Waals surface area contributed by atoms with E-state index in [2.05, 4.69) is 25.5 Å². The monoisotopic (exact) mass is 299 g/mol. The van der Waals surface area contributed by atoms with Crippen LogP contribution in [0.3, 0.4) is 0 Å². The second-order valence-corrected chi connectivity index (χ2v) is 7.92. The molecule has 1 aromatic carbocycles. The van der Waals surface area contributed by atoms with Gasteiger partial charge in [0.25, 0.3) is 0 Å². The lowest BCUT2D eigenvalue weighted by atomic mass is 9.93. The molecule has 0 heterocycles. The van der Waals surface area contributed by atoms with E-state index in [0.717, 1.165) is 18.4 Å². The van der Waals surface area contributed by atoms with Gasteiger partial charge in [0.1, 0.15) is 0 Å². The van der Waals surface area contributed by atoms with E-state index >= 15 is 0 Å². The lowest BCUT2D eigenvalue weighted by molar-refractivity contribution is 0.280. The van der Waals surface area contributed by atoms with Gasteiger partial charge in [0.2, 0.25) is 10.0 Å². The molecule has 0 aliphatic heterocycles. The predicted octanol–water partition coefficient (Wildman–Crippen LogP) is 2.46. The molecule has 0 spiro atoms. The molecule has 1 rings (SSSR count). The molecule has 0 saturated carbocycles. The van der Waals surface area contributed by atoms with Gasteiger partial charge in [-0.3, -0.25) is 0 Å². The summed E-state index contributed by atoms with van der Waals surface area (Å²) in [5.74, 6) is 0. The van der Waals surface area contributed by atoms with Crippen LogP contribution in [0.25, 0.3) is 0 Å². The minimum Gasteiger partial charge on any atom is -0.392 e. The third-order valence-corrected chi connectivity index (χ3v) is 4.67. The van der Waals surface area contributed by atoms with Gasteiger partial charge in [-0.25, -0.2) is 13.1 Å². The topological polar surface area (TPSA) is 66.4 Å². The van der Waals surface area contributed by atoms with Gasteiger partial charge in [-0.05, 0) is 41.5 Å². The Hall–Kier alpha value is -0.910. The Morgan fingerprint density at radius 3 is 2.35 bits per heavy atom. The first kappa shape index (κ1) is 17.1. The van der Waals surface area contributed by atoms with Gasteiger partial charge in [0.15, 0.2) is 0 Å². The number of sulfonamides is 1. The van der Waals surface area contributed by atoms with Gasteiger partial charge in [-0.1, -0.05) is 33.8 Å². The maximum Gasteiger partial charge on any atom is 0.240 e. The molecule has 0 atom stereocenters. The maximum absolute atomic E-state index is 12.2. The average Bonchev–Trinajstić information content (AvgIpc) is 2.36. The molecule has 0 aliphatic carbocycles. The fraction of sp³-hybridized carbons (Fsp3) is 0.600. The van der Waals surface area contributed by atoms with Crippen molar-refractivity contribution in [3.63, 3.8) is 0 Å². The molecule has 0 aliphatic rings. The van der Waals surface area contributed by atoms with E-state index in [-0.39, 0.29) is 16.9 Å². The standard InChI is InChI=1S/C15H25NO3S/c1-5-12-6-7-14(10-13(12)11-17)20(18,19)16-9-8-15(2,3)4/h6-7,10,16-17H,5,8-9,11H2,1-4H3. The van der Waals surface area contributed by atoms with Crippen molar-refractivity contribution in [2.45, 2.75) is 52.0 Å². The first-order valence-electron chi connectivity index (χ1n) is 6.92. The van der Waals surface area contributed by atoms with Gasteiger partial charge in [-0.2, -0.15) is 0 Å². The second-order valence-electron chi connectivity index (χ2n) is 6.15. The van der Waals surface area contributed by atoms with Crippen LogP contribution in [0.15, 0.2) is 23.1 Å². The van der Waals surface area contributed by atoms with Crippen LogP contribution in [0, 0.1) is 5.41 Å².